The molecule has 4 heteroatoms. The van der Waals surface area contributed by atoms with Crippen LogP contribution in [0.5, 0.6) is 5.75 Å². The Morgan fingerprint density at radius 1 is 1.40 bits per heavy atom. The Kier molecular flexibility index (Phi) is 5.00. The molecule has 1 aromatic carbocycles. The van der Waals surface area contributed by atoms with Crippen molar-refractivity contribution in [1.82, 2.24) is 5.32 Å². The van der Waals surface area contributed by atoms with Gasteiger partial charge in [0.25, 0.3) is 0 Å². The maximum absolute atomic E-state index is 13.4. The lowest BCUT2D eigenvalue weighted by Gasteiger charge is -2.24. The zero-order valence-corrected chi connectivity index (χ0v) is 12.3. The standard InChI is InChI=1S/C16H24FNO2/c1-3-18-12(2)14-7-6-13(17)10-15(14)20-11-16(19)8-4-5-9-16/h6-7,10,12,18-19H,3-5,8-9,11H2,1-2H3. The summed E-state index contributed by atoms with van der Waals surface area (Å²) in [6.45, 7) is 5.12. The second-order valence-electron chi connectivity index (χ2n) is 5.68. The smallest absolute Gasteiger partial charge is 0.127 e. The number of benzene rings is 1. The van der Waals surface area contributed by atoms with E-state index in [0.717, 1.165) is 37.8 Å². The van der Waals surface area contributed by atoms with Gasteiger partial charge in [-0.1, -0.05) is 25.8 Å². The first-order valence-electron chi connectivity index (χ1n) is 7.42. The van der Waals surface area contributed by atoms with Gasteiger partial charge < -0.3 is 15.2 Å². The number of hydrogen-bond donors (Lipinski definition) is 2. The van der Waals surface area contributed by atoms with Gasteiger partial charge in [0.05, 0.1) is 5.60 Å². The van der Waals surface area contributed by atoms with Crippen molar-refractivity contribution in [3.8, 4) is 5.75 Å². The van der Waals surface area contributed by atoms with Crippen molar-refractivity contribution in [3.63, 3.8) is 0 Å². The molecule has 0 bridgehead atoms. The summed E-state index contributed by atoms with van der Waals surface area (Å²) >= 11 is 0. The number of nitrogens with one attached hydrogen (secondary N) is 1. The first kappa shape index (κ1) is 15.3. The molecule has 0 radical (unpaired) electrons. The maximum atomic E-state index is 13.4. The molecule has 20 heavy (non-hydrogen) atoms. The van der Waals surface area contributed by atoms with Gasteiger partial charge in [0.2, 0.25) is 0 Å². The molecule has 1 aliphatic carbocycles. The number of hydrogen-bond acceptors (Lipinski definition) is 3. The van der Waals surface area contributed by atoms with Crippen LogP contribution in [0.25, 0.3) is 0 Å². The van der Waals surface area contributed by atoms with E-state index in [9.17, 15) is 9.50 Å². The van der Waals surface area contributed by atoms with E-state index in [1.807, 2.05) is 13.8 Å². The van der Waals surface area contributed by atoms with Crippen molar-refractivity contribution in [2.75, 3.05) is 13.2 Å². The van der Waals surface area contributed by atoms with Crippen LogP contribution in [-0.2, 0) is 0 Å². The molecule has 1 saturated carbocycles. The summed E-state index contributed by atoms with van der Waals surface area (Å²) in [6.07, 6.45) is 3.59. The summed E-state index contributed by atoms with van der Waals surface area (Å²) in [7, 11) is 0. The van der Waals surface area contributed by atoms with Crippen LogP contribution in [0.4, 0.5) is 4.39 Å². The van der Waals surface area contributed by atoms with E-state index in [0.29, 0.717) is 5.75 Å². The lowest BCUT2D eigenvalue weighted by molar-refractivity contribution is 0.000915. The molecule has 3 nitrogen and oxygen atoms in total. The molecule has 0 aromatic heterocycles. The topological polar surface area (TPSA) is 41.5 Å². The predicted molar refractivity (Wildman–Crippen MR) is 77.4 cm³/mol. The molecule has 112 valence electrons. The van der Waals surface area contributed by atoms with E-state index >= 15 is 0 Å². The molecular weight excluding hydrogens is 257 g/mol. The van der Waals surface area contributed by atoms with Gasteiger partial charge in [-0.05, 0) is 32.4 Å². The Morgan fingerprint density at radius 3 is 2.75 bits per heavy atom. The van der Waals surface area contributed by atoms with Crippen molar-refractivity contribution >= 4 is 0 Å². The second kappa shape index (κ2) is 6.55. The molecule has 1 fully saturated rings. The van der Waals surface area contributed by atoms with Crippen molar-refractivity contribution in [2.24, 2.45) is 0 Å². The van der Waals surface area contributed by atoms with Gasteiger partial charge in [-0.25, -0.2) is 4.39 Å². The minimum absolute atomic E-state index is 0.0915. The molecule has 1 atom stereocenters. The van der Waals surface area contributed by atoms with Crippen molar-refractivity contribution in [3.05, 3.63) is 29.6 Å². The predicted octanol–water partition coefficient (Wildman–Crippen LogP) is 3.18. The van der Waals surface area contributed by atoms with Crippen LogP contribution < -0.4 is 10.1 Å². The van der Waals surface area contributed by atoms with Crippen molar-refractivity contribution in [1.29, 1.82) is 0 Å². The minimum Gasteiger partial charge on any atom is -0.490 e. The summed E-state index contributed by atoms with van der Waals surface area (Å²) in [4.78, 5) is 0. The van der Waals surface area contributed by atoms with E-state index in [1.165, 1.54) is 12.1 Å². The molecule has 1 aromatic rings. The average Bonchev–Trinajstić information content (AvgIpc) is 2.84. The zero-order chi connectivity index (χ0) is 14.6. The molecule has 1 aliphatic rings. The first-order chi connectivity index (χ1) is 9.54. The molecule has 0 heterocycles. The van der Waals surface area contributed by atoms with Crippen LogP contribution in [-0.4, -0.2) is 23.9 Å². The van der Waals surface area contributed by atoms with Crippen molar-refractivity contribution < 1.29 is 14.2 Å². The van der Waals surface area contributed by atoms with Crippen molar-refractivity contribution in [2.45, 2.75) is 51.2 Å². The fourth-order valence-electron chi connectivity index (χ4n) is 2.80. The second-order valence-corrected chi connectivity index (χ2v) is 5.68. The highest BCUT2D eigenvalue weighted by Crippen LogP contribution is 2.32. The Bertz CT molecular complexity index is 444. The molecule has 1 unspecified atom stereocenters. The third-order valence-electron chi connectivity index (χ3n) is 3.98. The van der Waals surface area contributed by atoms with E-state index in [-0.39, 0.29) is 18.5 Å². The van der Waals surface area contributed by atoms with Gasteiger partial charge >= 0.3 is 0 Å². The van der Waals surface area contributed by atoms with Gasteiger partial charge in [-0.2, -0.15) is 0 Å². The van der Waals surface area contributed by atoms with E-state index in [4.69, 9.17) is 4.74 Å². The highest BCUT2D eigenvalue weighted by molar-refractivity contribution is 5.36. The summed E-state index contributed by atoms with van der Waals surface area (Å²) in [5, 5.41) is 13.6. The number of halogens is 1. The normalized spacial score (nSPS) is 19.0. The van der Waals surface area contributed by atoms with E-state index in [2.05, 4.69) is 5.32 Å². The molecular formula is C16H24FNO2. The molecule has 0 aliphatic heterocycles. The van der Waals surface area contributed by atoms with Crippen LogP contribution in [0, 0.1) is 5.82 Å². The lowest BCUT2D eigenvalue weighted by atomic mass is 10.0. The number of ether oxygens (including phenoxy) is 1. The minimum atomic E-state index is -0.745. The molecule has 0 spiro atoms. The van der Waals surface area contributed by atoms with Gasteiger partial charge in [0, 0.05) is 17.7 Å². The largest absolute Gasteiger partial charge is 0.490 e. The highest BCUT2D eigenvalue weighted by atomic mass is 19.1. The third-order valence-corrected chi connectivity index (χ3v) is 3.98. The summed E-state index contributed by atoms with van der Waals surface area (Å²) < 4.78 is 19.2. The van der Waals surface area contributed by atoms with Crippen LogP contribution in [0.15, 0.2) is 18.2 Å². The summed E-state index contributed by atoms with van der Waals surface area (Å²) in [5.41, 5.74) is 0.181. The van der Waals surface area contributed by atoms with Gasteiger partial charge in [-0.3, -0.25) is 0 Å². The SMILES string of the molecule is CCNC(C)c1ccc(F)cc1OCC1(O)CCCC1. The Hall–Kier alpha value is -1.13. The van der Waals surface area contributed by atoms with Crippen LogP contribution in [0.3, 0.4) is 0 Å². The fraction of sp³-hybridized carbons (Fsp3) is 0.625. The number of rotatable bonds is 6. The quantitative estimate of drug-likeness (QED) is 0.841. The van der Waals surface area contributed by atoms with Gasteiger partial charge in [-0.15, -0.1) is 0 Å². The molecule has 2 rings (SSSR count). The summed E-state index contributed by atoms with van der Waals surface area (Å²) in [5.74, 6) is 0.213. The third kappa shape index (κ3) is 3.70. The van der Waals surface area contributed by atoms with E-state index in [1.54, 1.807) is 6.07 Å². The van der Waals surface area contributed by atoms with Crippen LogP contribution >= 0.6 is 0 Å². The molecule has 0 saturated heterocycles. The fourth-order valence-corrected chi connectivity index (χ4v) is 2.80. The van der Waals surface area contributed by atoms with Gasteiger partial charge in [0.15, 0.2) is 0 Å². The monoisotopic (exact) mass is 281 g/mol. The Morgan fingerprint density at radius 2 is 2.10 bits per heavy atom. The Balaban J connectivity index is 2.10. The van der Waals surface area contributed by atoms with Crippen LogP contribution in [0.2, 0.25) is 0 Å². The Labute approximate surface area is 120 Å². The molecule has 0 amide bonds. The zero-order valence-electron chi connectivity index (χ0n) is 12.3. The highest BCUT2D eigenvalue weighted by Gasteiger charge is 2.32. The summed E-state index contributed by atoms with van der Waals surface area (Å²) in [6, 6.07) is 4.69. The van der Waals surface area contributed by atoms with E-state index < -0.39 is 5.60 Å². The molecule has 2 N–H and O–H groups in total. The maximum Gasteiger partial charge on any atom is 0.127 e. The van der Waals surface area contributed by atoms with Crippen LogP contribution in [0.1, 0.15) is 51.1 Å². The lowest BCUT2D eigenvalue weighted by Crippen LogP contribution is -2.32. The van der Waals surface area contributed by atoms with Gasteiger partial charge in [0.1, 0.15) is 18.2 Å². The first-order valence-corrected chi connectivity index (χ1v) is 7.42. The average molecular weight is 281 g/mol. The number of aliphatic hydroxyl groups is 1.